The van der Waals surface area contributed by atoms with Crippen molar-refractivity contribution in [2.24, 2.45) is 10.2 Å². The van der Waals surface area contributed by atoms with Crippen molar-refractivity contribution in [1.29, 1.82) is 0 Å². The van der Waals surface area contributed by atoms with Gasteiger partial charge >= 0.3 is 0 Å². The molecule has 0 bridgehead atoms. The van der Waals surface area contributed by atoms with Crippen LogP contribution in [-0.2, 0) is 11.4 Å². The molecule has 0 fully saturated rings. The van der Waals surface area contributed by atoms with Crippen LogP contribution >= 0.6 is 0 Å². The molecular formula is C18H25N5O5. The smallest absolute Gasteiger partial charge is 0.275 e. The van der Waals surface area contributed by atoms with Crippen molar-refractivity contribution in [3.8, 4) is 0 Å². The number of carbonyl (C=O) groups is 2. The van der Waals surface area contributed by atoms with E-state index in [1.54, 1.807) is 0 Å². The summed E-state index contributed by atoms with van der Waals surface area (Å²) in [6.45, 7) is 2.43. The van der Waals surface area contributed by atoms with Gasteiger partial charge in [0.05, 0.1) is 17.1 Å². The molecule has 28 heavy (non-hydrogen) atoms. The number of nitrogens with zero attached hydrogens (tertiary/aromatic N) is 3. The summed E-state index contributed by atoms with van der Waals surface area (Å²) in [7, 11) is 0. The van der Waals surface area contributed by atoms with Crippen molar-refractivity contribution in [2.75, 3.05) is 13.1 Å². The van der Waals surface area contributed by atoms with Crippen LogP contribution in [0.25, 0.3) is 0 Å². The third-order valence-corrected chi connectivity index (χ3v) is 4.44. The van der Waals surface area contributed by atoms with Crippen molar-refractivity contribution >= 4 is 17.5 Å². The molecule has 2 rings (SSSR count). The molecule has 0 aliphatic carbocycles. The lowest BCUT2D eigenvalue weighted by molar-refractivity contribution is -0.385. The Morgan fingerprint density at radius 2 is 1.86 bits per heavy atom. The van der Waals surface area contributed by atoms with Crippen LogP contribution in [0.5, 0.6) is 0 Å². The number of amides is 2. The molecule has 1 aliphatic rings. The second-order valence-electron chi connectivity index (χ2n) is 6.84. The summed E-state index contributed by atoms with van der Waals surface area (Å²) < 4.78 is 0. The van der Waals surface area contributed by atoms with Gasteiger partial charge in [-0.25, -0.2) is 0 Å². The molecule has 0 atom stereocenters. The van der Waals surface area contributed by atoms with Crippen LogP contribution in [0, 0.1) is 10.1 Å². The fraction of sp³-hybridized carbons (Fsp3) is 0.556. The largest absolute Gasteiger partial charge is 0.391 e. The molecule has 10 heteroatoms. The predicted molar refractivity (Wildman–Crippen MR) is 101 cm³/mol. The molecule has 1 heterocycles. The minimum Gasteiger partial charge on any atom is -0.391 e. The zero-order chi connectivity index (χ0) is 20.6. The Morgan fingerprint density at radius 3 is 2.46 bits per heavy atom. The number of carbonyl (C=O) groups excluding carboxylic acids is 2. The average Bonchev–Trinajstić information content (AvgIpc) is 3.42. The van der Waals surface area contributed by atoms with E-state index in [0.717, 1.165) is 19.3 Å². The van der Waals surface area contributed by atoms with Crippen LogP contribution < -0.4 is 10.6 Å². The SMILES string of the molecule is CC1(CCC(=O)NCCCCCNC(=O)c2ccc(CO)c([N+](=O)[O-])c2)N=N1. The van der Waals surface area contributed by atoms with Crippen LogP contribution in [0.3, 0.4) is 0 Å². The van der Waals surface area contributed by atoms with Gasteiger partial charge < -0.3 is 15.7 Å². The Kier molecular flexibility index (Phi) is 7.56. The number of nitrogens with one attached hydrogen (secondary N) is 2. The lowest BCUT2D eigenvalue weighted by atomic mass is 10.1. The molecule has 0 unspecified atom stereocenters. The van der Waals surface area contributed by atoms with Gasteiger partial charge in [0.15, 0.2) is 5.66 Å². The summed E-state index contributed by atoms with van der Waals surface area (Å²) in [6, 6.07) is 3.99. The topological polar surface area (TPSA) is 146 Å². The zero-order valence-electron chi connectivity index (χ0n) is 15.8. The van der Waals surface area contributed by atoms with Crippen LogP contribution in [0.1, 0.15) is 54.9 Å². The number of nitro groups is 1. The van der Waals surface area contributed by atoms with Gasteiger partial charge in [0.1, 0.15) is 0 Å². The number of hydrogen-bond acceptors (Lipinski definition) is 7. The van der Waals surface area contributed by atoms with Gasteiger partial charge in [0.25, 0.3) is 11.6 Å². The van der Waals surface area contributed by atoms with Crippen LogP contribution in [-0.4, -0.2) is 40.6 Å². The number of rotatable bonds is 12. The van der Waals surface area contributed by atoms with Gasteiger partial charge in [-0.05, 0) is 38.3 Å². The molecular weight excluding hydrogens is 366 g/mol. The molecule has 152 valence electrons. The highest BCUT2D eigenvalue weighted by molar-refractivity contribution is 5.94. The number of hydrogen-bond donors (Lipinski definition) is 3. The second kappa shape index (κ2) is 9.88. The summed E-state index contributed by atoms with van der Waals surface area (Å²) >= 11 is 0. The van der Waals surface area contributed by atoms with Crippen molar-refractivity contribution < 1.29 is 19.6 Å². The molecule has 1 aromatic rings. The maximum absolute atomic E-state index is 12.1. The van der Waals surface area contributed by atoms with Gasteiger partial charge in [-0.1, -0.05) is 0 Å². The van der Waals surface area contributed by atoms with E-state index < -0.39 is 17.4 Å². The third kappa shape index (κ3) is 6.69. The minimum atomic E-state index is -0.620. The van der Waals surface area contributed by atoms with Gasteiger partial charge in [-0.15, -0.1) is 0 Å². The van der Waals surface area contributed by atoms with E-state index in [2.05, 4.69) is 20.9 Å². The van der Waals surface area contributed by atoms with E-state index in [1.165, 1.54) is 18.2 Å². The lowest BCUT2D eigenvalue weighted by Gasteiger charge is -2.08. The lowest BCUT2D eigenvalue weighted by Crippen LogP contribution is -2.26. The molecule has 2 amide bonds. The molecule has 10 nitrogen and oxygen atoms in total. The maximum Gasteiger partial charge on any atom is 0.275 e. The van der Waals surface area contributed by atoms with Gasteiger partial charge in [-0.2, -0.15) is 10.2 Å². The highest BCUT2D eigenvalue weighted by Crippen LogP contribution is 2.31. The monoisotopic (exact) mass is 391 g/mol. The number of benzene rings is 1. The summed E-state index contributed by atoms with van der Waals surface area (Å²) in [6.07, 6.45) is 3.38. The van der Waals surface area contributed by atoms with E-state index in [1.807, 2.05) is 6.92 Å². The highest BCUT2D eigenvalue weighted by Gasteiger charge is 2.33. The quantitative estimate of drug-likeness (QED) is 0.283. The summed E-state index contributed by atoms with van der Waals surface area (Å²) in [5.74, 6) is -0.412. The molecule has 0 spiro atoms. The fourth-order valence-corrected chi connectivity index (χ4v) is 2.59. The summed E-state index contributed by atoms with van der Waals surface area (Å²) in [4.78, 5) is 34.1. The van der Waals surface area contributed by atoms with Crippen molar-refractivity contribution in [3.63, 3.8) is 0 Å². The Bertz CT molecular complexity index is 759. The fourth-order valence-electron chi connectivity index (χ4n) is 2.59. The Hall–Kier alpha value is -2.88. The summed E-state index contributed by atoms with van der Waals surface area (Å²) in [5.41, 5.74) is -0.282. The first kappa shape index (κ1) is 21.4. The number of aliphatic hydroxyl groups excluding tert-OH is 1. The first-order valence-corrected chi connectivity index (χ1v) is 9.22. The van der Waals surface area contributed by atoms with Crippen molar-refractivity contribution in [1.82, 2.24) is 10.6 Å². The molecule has 1 aliphatic heterocycles. The Balaban J connectivity index is 1.59. The molecule has 0 aromatic heterocycles. The van der Waals surface area contributed by atoms with Gasteiger partial charge in [-0.3, -0.25) is 19.7 Å². The number of nitro benzene ring substituents is 1. The first-order valence-electron chi connectivity index (χ1n) is 9.22. The molecule has 1 aromatic carbocycles. The van der Waals surface area contributed by atoms with Crippen LogP contribution in [0.15, 0.2) is 28.4 Å². The van der Waals surface area contributed by atoms with E-state index in [0.29, 0.717) is 25.9 Å². The molecule has 0 saturated heterocycles. The number of unbranched alkanes of at least 4 members (excludes halogenated alkanes) is 2. The summed E-state index contributed by atoms with van der Waals surface area (Å²) in [5, 5.41) is 33.4. The van der Waals surface area contributed by atoms with Gasteiger partial charge in [0, 0.05) is 37.6 Å². The molecule has 0 saturated carbocycles. The van der Waals surface area contributed by atoms with E-state index in [4.69, 9.17) is 5.11 Å². The minimum absolute atomic E-state index is 0.0141. The second-order valence-corrected chi connectivity index (χ2v) is 6.84. The third-order valence-electron chi connectivity index (χ3n) is 4.44. The predicted octanol–water partition coefficient (Wildman–Crippen LogP) is 2.07. The van der Waals surface area contributed by atoms with Crippen molar-refractivity contribution in [3.05, 3.63) is 39.4 Å². The maximum atomic E-state index is 12.1. The van der Waals surface area contributed by atoms with Crippen LogP contribution in [0.4, 0.5) is 5.69 Å². The Labute approximate surface area is 162 Å². The van der Waals surface area contributed by atoms with E-state index >= 15 is 0 Å². The van der Waals surface area contributed by atoms with E-state index in [-0.39, 0.29) is 28.4 Å². The number of aliphatic hydroxyl groups is 1. The Morgan fingerprint density at radius 1 is 1.18 bits per heavy atom. The standard InChI is InChI=1S/C18H25N5O5/c1-18(21-22-18)8-7-16(25)19-9-3-2-4-10-20-17(26)13-5-6-14(12-24)15(11-13)23(27)28/h5-6,11,24H,2-4,7-10,12H2,1H3,(H,19,25)(H,20,26). The van der Waals surface area contributed by atoms with E-state index in [9.17, 15) is 19.7 Å². The van der Waals surface area contributed by atoms with Crippen LogP contribution in [0.2, 0.25) is 0 Å². The average molecular weight is 391 g/mol. The molecule has 3 N–H and O–H groups in total. The zero-order valence-corrected chi connectivity index (χ0v) is 15.8. The molecule has 0 radical (unpaired) electrons. The first-order chi connectivity index (χ1) is 13.3. The normalized spacial score (nSPS) is 13.8. The highest BCUT2D eigenvalue weighted by atomic mass is 16.6. The van der Waals surface area contributed by atoms with Crippen molar-refractivity contribution in [2.45, 2.75) is 51.3 Å². The van der Waals surface area contributed by atoms with Gasteiger partial charge in [0.2, 0.25) is 5.91 Å².